The lowest BCUT2D eigenvalue weighted by atomic mass is 10.5. The van der Waals surface area contributed by atoms with Crippen LogP contribution in [0.1, 0.15) is 27.2 Å². The first kappa shape index (κ1) is 17.3. The molecule has 2 N–H and O–H groups in total. The van der Waals surface area contributed by atoms with Crippen LogP contribution in [0.25, 0.3) is 0 Å². The largest absolute Gasteiger partial charge is 0.502 e. The molecule has 0 saturated carbocycles. The first-order valence-electron chi connectivity index (χ1n) is 5.96. The van der Waals surface area contributed by atoms with Crippen molar-refractivity contribution in [1.82, 2.24) is 0 Å². The highest BCUT2D eigenvalue weighted by molar-refractivity contribution is 6.60. The fraction of sp³-hybridized carbons (Fsp3) is 1.00. The zero-order chi connectivity index (χ0) is 14.0. The molecule has 0 aliphatic rings. The molecular formula is C9H22N2O6Si. The zero-order valence-electron chi connectivity index (χ0n) is 11.1. The van der Waals surface area contributed by atoms with Gasteiger partial charge in [-0.1, -0.05) is 0 Å². The predicted molar refractivity (Wildman–Crippen MR) is 66.1 cm³/mol. The summed E-state index contributed by atoms with van der Waals surface area (Å²) in [5, 5.41) is 9.34. The van der Waals surface area contributed by atoms with Gasteiger partial charge in [0, 0.05) is 19.3 Å². The van der Waals surface area contributed by atoms with Crippen LogP contribution in [0.3, 0.4) is 0 Å². The average molecular weight is 282 g/mol. The maximum Gasteiger partial charge on any atom is 0.502 e. The van der Waals surface area contributed by atoms with Gasteiger partial charge in [-0.25, -0.2) is 0 Å². The van der Waals surface area contributed by atoms with Crippen LogP contribution in [0.15, 0.2) is 0 Å². The lowest BCUT2D eigenvalue weighted by Crippen LogP contribution is -2.49. The van der Waals surface area contributed by atoms with Crippen molar-refractivity contribution in [2.75, 3.05) is 19.8 Å². The summed E-state index contributed by atoms with van der Waals surface area (Å²) in [5.74, 6) is 0. The lowest BCUT2D eigenvalue weighted by Gasteiger charge is -2.30. The van der Waals surface area contributed by atoms with Crippen molar-refractivity contribution in [3.63, 3.8) is 0 Å². The monoisotopic (exact) mass is 282 g/mol. The van der Waals surface area contributed by atoms with E-state index in [0.29, 0.717) is 32.2 Å². The molecule has 0 aromatic carbocycles. The van der Waals surface area contributed by atoms with Gasteiger partial charge in [-0.05, 0) is 33.7 Å². The van der Waals surface area contributed by atoms with E-state index in [4.69, 9.17) is 19.0 Å². The predicted octanol–water partition coefficient (Wildman–Crippen LogP) is 0.918. The van der Waals surface area contributed by atoms with E-state index in [-0.39, 0.29) is 0 Å². The molecule has 9 heteroatoms. The second-order valence-electron chi connectivity index (χ2n) is 3.46. The van der Waals surface area contributed by atoms with Gasteiger partial charge < -0.3 is 19.0 Å². The number of hydrogen-bond donors (Lipinski definition) is 1. The standard InChI is InChI=1S/C9H22N2O6Si/c1-4-14-18(15-5-2,8-6-7-10)17-9(3)16-11(12)13/h9H,4-8,10H2,1-3H3. The summed E-state index contributed by atoms with van der Waals surface area (Å²) in [5.41, 5.74) is 5.46. The molecule has 0 aromatic rings. The van der Waals surface area contributed by atoms with Gasteiger partial charge in [0.25, 0.3) is 5.09 Å². The third kappa shape index (κ3) is 6.86. The van der Waals surface area contributed by atoms with Crippen molar-refractivity contribution < 1.29 is 23.2 Å². The third-order valence-corrected chi connectivity index (χ3v) is 5.11. The van der Waals surface area contributed by atoms with Crippen LogP contribution in [-0.2, 0) is 18.1 Å². The Bertz CT molecular complexity index is 237. The molecule has 8 nitrogen and oxygen atoms in total. The Balaban J connectivity index is 4.62. The van der Waals surface area contributed by atoms with E-state index >= 15 is 0 Å². The van der Waals surface area contributed by atoms with Gasteiger partial charge in [0.1, 0.15) is 0 Å². The molecule has 0 aromatic heterocycles. The van der Waals surface area contributed by atoms with Gasteiger partial charge >= 0.3 is 8.80 Å². The van der Waals surface area contributed by atoms with Crippen molar-refractivity contribution >= 4 is 8.80 Å². The minimum atomic E-state index is -2.96. The molecule has 1 atom stereocenters. The molecule has 0 aliphatic heterocycles. The third-order valence-electron chi connectivity index (χ3n) is 2.00. The molecule has 0 radical (unpaired) electrons. The number of rotatable bonds is 11. The van der Waals surface area contributed by atoms with E-state index in [1.807, 2.05) is 13.8 Å². The van der Waals surface area contributed by atoms with Crippen LogP contribution in [0, 0.1) is 10.1 Å². The Labute approximate surface area is 108 Å². The van der Waals surface area contributed by atoms with E-state index < -0.39 is 20.2 Å². The topological polar surface area (TPSA) is 106 Å². The molecule has 0 heterocycles. The van der Waals surface area contributed by atoms with Crippen LogP contribution in [0.5, 0.6) is 0 Å². The summed E-state index contributed by atoms with van der Waals surface area (Å²) in [6.45, 7) is 6.34. The number of nitrogens with two attached hydrogens (primary N) is 1. The lowest BCUT2D eigenvalue weighted by molar-refractivity contribution is -0.777. The second kappa shape index (κ2) is 9.22. The van der Waals surface area contributed by atoms with Gasteiger partial charge in [0.05, 0.1) is 0 Å². The van der Waals surface area contributed by atoms with Crippen molar-refractivity contribution in [1.29, 1.82) is 0 Å². The van der Waals surface area contributed by atoms with Crippen molar-refractivity contribution in [2.45, 2.75) is 39.5 Å². The smallest absolute Gasteiger partial charge is 0.374 e. The van der Waals surface area contributed by atoms with E-state index in [1.54, 1.807) is 0 Å². The summed E-state index contributed by atoms with van der Waals surface area (Å²) >= 11 is 0. The molecule has 108 valence electrons. The fourth-order valence-corrected chi connectivity index (χ4v) is 4.16. The van der Waals surface area contributed by atoms with Crippen molar-refractivity contribution in [3.8, 4) is 0 Å². The summed E-state index contributed by atoms with van der Waals surface area (Å²) < 4.78 is 16.6. The Morgan fingerprint density at radius 2 is 1.89 bits per heavy atom. The quantitative estimate of drug-likeness (QED) is 0.260. The van der Waals surface area contributed by atoms with E-state index in [9.17, 15) is 10.1 Å². The van der Waals surface area contributed by atoms with Gasteiger partial charge in [-0.3, -0.25) is 4.84 Å². The SMILES string of the molecule is CCO[Si](CCCN)(OCC)OC(C)O[N+](=O)[O-]. The first-order chi connectivity index (χ1) is 8.49. The van der Waals surface area contributed by atoms with Crippen LogP contribution >= 0.6 is 0 Å². The van der Waals surface area contributed by atoms with Crippen LogP contribution in [0.2, 0.25) is 6.04 Å². The highest BCUT2D eigenvalue weighted by Gasteiger charge is 2.42. The zero-order valence-corrected chi connectivity index (χ0v) is 12.1. The molecule has 0 amide bonds. The minimum Gasteiger partial charge on any atom is -0.374 e. The summed E-state index contributed by atoms with van der Waals surface area (Å²) in [6.07, 6.45) is -0.361. The number of nitrogens with zero attached hydrogens (tertiary/aromatic N) is 1. The highest BCUT2D eigenvalue weighted by atomic mass is 28.4. The van der Waals surface area contributed by atoms with Crippen LogP contribution < -0.4 is 5.73 Å². The Hall–Kier alpha value is -0.743. The summed E-state index contributed by atoms with van der Waals surface area (Å²) in [7, 11) is -2.96. The molecule has 18 heavy (non-hydrogen) atoms. The summed E-state index contributed by atoms with van der Waals surface area (Å²) in [6, 6.07) is 0.511. The van der Waals surface area contributed by atoms with Gasteiger partial charge in [-0.2, -0.15) is 0 Å². The molecule has 0 rings (SSSR count). The minimum absolute atomic E-state index is 0.405. The van der Waals surface area contributed by atoms with Gasteiger partial charge in [-0.15, -0.1) is 10.1 Å². The number of hydrogen-bond acceptors (Lipinski definition) is 7. The maximum atomic E-state index is 10.2. The Morgan fingerprint density at radius 1 is 1.33 bits per heavy atom. The Kier molecular flexibility index (Phi) is 8.84. The summed E-state index contributed by atoms with van der Waals surface area (Å²) in [4.78, 5) is 14.6. The van der Waals surface area contributed by atoms with Crippen molar-refractivity contribution in [2.24, 2.45) is 5.73 Å². The van der Waals surface area contributed by atoms with Gasteiger partial charge in [0.2, 0.25) is 0 Å². The molecular weight excluding hydrogens is 260 g/mol. The Morgan fingerprint density at radius 3 is 2.28 bits per heavy atom. The van der Waals surface area contributed by atoms with Crippen LogP contribution in [0.4, 0.5) is 0 Å². The van der Waals surface area contributed by atoms with E-state index in [1.165, 1.54) is 6.92 Å². The second-order valence-corrected chi connectivity index (χ2v) is 6.13. The van der Waals surface area contributed by atoms with Gasteiger partial charge in [0.15, 0.2) is 6.29 Å². The molecule has 1 unspecified atom stereocenters. The van der Waals surface area contributed by atoms with Crippen LogP contribution in [-0.4, -0.2) is 39.9 Å². The maximum absolute atomic E-state index is 10.2. The first-order valence-corrected chi connectivity index (χ1v) is 7.89. The van der Waals surface area contributed by atoms with E-state index in [2.05, 4.69) is 4.84 Å². The normalized spacial score (nSPS) is 13.3. The fourth-order valence-electron chi connectivity index (χ4n) is 1.47. The molecule has 0 spiro atoms. The van der Waals surface area contributed by atoms with E-state index in [0.717, 1.165) is 0 Å². The molecule has 0 aliphatic carbocycles. The molecule has 0 bridgehead atoms. The highest BCUT2D eigenvalue weighted by Crippen LogP contribution is 2.20. The average Bonchev–Trinajstić information content (AvgIpc) is 2.25. The molecule has 0 saturated heterocycles. The molecule has 0 fully saturated rings. The van der Waals surface area contributed by atoms with Crippen molar-refractivity contribution in [3.05, 3.63) is 10.1 Å².